The predicted molar refractivity (Wildman–Crippen MR) is 64.4 cm³/mol. The van der Waals surface area contributed by atoms with Crippen LogP contribution in [0.15, 0.2) is 34.9 Å². The number of hydrogen-bond acceptors (Lipinski definition) is 5. The molecule has 1 aliphatic heterocycles. The Morgan fingerprint density at radius 1 is 1.33 bits per heavy atom. The Kier molecular flexibility index (Phi) is 3.75. The molecule has 2 heterocycles. The molecule has 3 rings (SSSR count). The van der Waals surface area contributed by atoms with Crippen molar-refractivity contribution < 1.29 is 26.0 Å². The molecule has 0 spiro atoms. The number of anilines is 1. The first kappa shape index (κ1) is 11.9. The van der Waals surface area contributed by atoms with Gasteiger partial charge in [0.2, 0.25) is 0 Å². The Bertz CT molecular complexity index is 496. The fraction of sp³-hybridized carbons (Fsp3) is 0.333. The molecule has 0 aliphatic carbocycles. The molecule has 0 saturated carbocycles. The molecule has 1 fully saturated rings. The molecule has 6 heteroatoms. The van der Waals surface area contributed by atoms with Crippen molar-refractivity contribution in [2.24, 2.45) is 0 Å². The van der Waals surface area contributed by atoms with Crippen molar-refractivity contribution in [2.45, 2.75) is 16.9 Å². The first-order valence-electron chi connectivity index (χ1n) is 5.93. The molecule has 1 aliphatic rings. The molecule has 0 radical (unpaired) electrons. The topological polar surface area (TPSA) is 63.0 Å². The third-order valence-corrected chi connectivity index (χ3v) is 5.31. The molecule has 2 N–H and O–H groups in total. The van der Waals surface area contributed by atoms with Crippen LogP contribution < -0.4 is 30.3 Å². The number of hydrogen-bond donors (Lipinski definition) is 2. The van der Waals surface area contributed by atoms with Gasteiger partial charge >= 0.3 is 116 Å². The Morgan fingerprint density at radius 2 is 2.22 bits per heavy atom. The molecule has 0 bridgehead atoms. The number of aromatic nitrogens is 2. The van der Waals surface area contributed by atoms with Gasteiger partial charge in [0.1, 0.15) is 0 Å². The number of rotatable bonds is 4. The van der Waals surface area contributed by atoms with Gasteiger partial charge in [-0.15, -0.1) is 0 Å². The Balaban J connectivity index is 1.63. The van der Waals surface area contributed by atoms with Crippen molar-refractivity contribution in [2.75, 3.05) is 10.1 Å². The SMILES string of the molecule is c1ccc(-c2noc(N[I-][C@@H]3CCCN3)n2)cc1. The van der Waals surface area contributed by atoms with E-state index < -0.39 is 0 Å². The van der Waals surface area contributed by atoms with Crippen LogP contribution in [0.5, 0.6) is 0 Å². The minimum absolute atomic E-state index is 0.171. The number of nitrogens with zero attached hydrogens (tertiary/aromatic N) is 2. The molecule has 1 aromatic carbocycles. The zero-order valence-electron chi connectivity index (χ0n) is 9.77. The quantitative estimate of drug-likeness (QED) is 0.314. The average molecular weight is 357 g/mol. The average Bonchev–Trinajstić information content (AvgIpc) is 3.09. The monoisotopic (exact) mass is 357 g/mol. The van der Waals surface area contributed by atoms with Crippen LogP contribution >= 0.6 is 0 Å². The van der Waals surface area contributed by atoms with Gasteiger partial charge in [-0.05, 0) is 0 Å². The van der Waals surface area contributed by atoms with Crippen LogP contribution in [-0.2, 0) is 0 Å². The first-order chi connectivity index (χ1) is 8.92. The van der Waals surface area contributed by atoms with Crippen molar-refractivity contribution in [1.82, 2.24) is 15.5 Å². The van der Waals surface area contributed by atoms with E-state index in [1.807, 2.05) is 30.3 Å². The Morgan fingerprint density at radius 3 is 3.00 bits per heavy atom. The number of halogens is 1. The van der Waals surface area contributed by atoms with Gasteiger partial charge < -0.3 is 0 Å². The summed E-state index contributed by atoms with van der Waals surface area (Å²) in [6, 6.07) is 10.4. The van der Waals surface area contributed by atoms with Crippen LogP contribution in [-0.4, -0.2) is 20.7 Å². The van der Waals surface area contributed by atoms with Gasteiger partial charge in [0.05, 0.1) is 0 Å². The molecular formula is C12H14IN4O-. The predicted octanol–water partition coefficient (Wildman–Crippen LogP) is -1.14. The maximum absolute atomic E-state index is 5.21. The van der Waals surface area contributed by atoms with Gasteiger partial charge in [0, 0.05) is 0 Å². The van der Waals surface area contributed by atoms with E-state index in [1.165, 1.54) is 12.8 Å². The van der Waals surface area contributed by atoms with Gasteiger partial charge in [-0.25, -0.2) is 0 Å². The minimum atomic E-state index is -0.171. The third-order valence-electron chi connectivity index (χ3n) is 2.73. The van der Waals surface area contributed by atoms with E-state index in [0.717, 1.165) is 12.1 Å². The van der Waals surface area contributed by atoms with Crippen LogP contribution in [0.3, 0.4) is 0 Å². The van der Waals surface area contributed by atoms with E-state index in [-0.39, 0.29) is 21.5 Å². The maximum atomic E-state index is 5.21. The summed E-state index contributed by atoms with van der Waals surface area (Å²) in [5.74, 6) is 0.640. The zero-order valence-corrected chi connectivity index (χ0v) is 11.9. The second-order valence-electron chi connectivity index (χ2n) is 4.06. The van der Waals surface area contributed by atoms with Crippen molar-refractivity contribution in [3.63, 3.8) is 0 Å². The number of nitrogens with one attached hydrogen (secondary N) is 2. The van der Waals surface area contributed by atoms with Crippen molar-refractivity contribution in [3.8, 4) is 11.4 Å². The van der Waals surface area contributed by atoms with Gasteiger partial charge in [-0.1, -0.05) is 0 Å². The van der Waals surface area contributed by atoms with Gasteiger partial charge in [-0.3, -0.25) is 0 Å². The first-order valence-corrected chi connectivity index (χ1v) is 8.25. The van der Waals surface area contributed by atoms with E-state index in [2.05, 4.69) is 19.0 Å². The van der Waals surface area contributed by atoms with E-state index in [9.17, 15) is 0 Å². The van der Waals surface area contributed by atoms with E-state index in [4.69, 9.17) is 4.52 Å². The molecule has 96 valence electrons. The Labute approximate surface area is 116 Å². The summed E-state index contributed by atoms with van der Waals surface area (Å²) in [5, 5.41) is 7.44. The van der Waals surface area contributed by atoms with Crippen LogP contribution in [0.1, 0.15) is 12.8 Å². The molecular weight excluding hydrogens is 343 g/mol. The molecule has 0 amide bonds. The van der Waals surface area contributed by atoms with Gasteiger partial charge in [0.25, 0.3) is 0 Å². The molecule has 0 unspecified atom stereocenters. The van der Waals surface area contributed by atoms with E-state index in [0.29, 0.717) is 15.9 Å². The molecule has 18 heavy (non-hydrogen) atoms. The van der Waals surface area contributed by atoms with Crippen LogP contribution in [0, 0.1) is 0 Å². The van der Waals surface area contributed by atoms with E-state index in [1.54, 1.807) is 0 Å². The molecule has 1 atom stereocenters. The fourth-order valence-corrected chi connectivity index (χ4v) is 3.96. The molecule has 1 aromatic heterocycles. The second kappa shape index (κ2) is 5.66. The van der Waals surface area contributed by atoms with Crippen molar-refractivity contribution >= 4 is 6.01 Å². The number of alkyl halides is 1. The molecule has 1 saturated heterocycles. The normalized spacial score (nSPS) is 19.2. The molecule has 5 nitrogen and oxygen atoms in total. The van der Waals surface area contributed by atoms with Crippen LogP contribution in [0.2, 0.25) is 0 Å². The second-order valence-corrected chi connectivity index (χ2v) is 6.72. The molecule has 2 aromatic rings. The summed E-state index contributed by atoms with van der Waals surface area (Å²) >= 11 is -0.171. The number of benzene rings is 1. The van der Waals surface area contributed by atoms with Crippen LogP contribution in [0.25, 0.3) is 11.4 Å². The summed E-state index contributed by atoms with van der Waals surface area (Å²) in [6.45, 7) is 1.13. The van der Waals surface area contributed by atoms with Gasteiger partial charge in [-0.2, -0.15) is 0 Å². The summed E-state index contributed by atoms with van der Waals surface area (Å²) in [4.78, 5) is 4.35. The summed E-state index contributed by atoms with van der Waals surface area (Å²) in [7, 11) is 0. The fourth-order valence-electron chi connectivity index (χ4n) is 1.81. The van der Waals surface area contributed by atoms with Gasteiger partial charge in [0.15, 0.2) is 0 Å². The Hall–Kier alpha value is -1.15. The third kappa shape index (κ3) is 2.81. The summed E-state index contributed by atoms with van der Waals surface area (Å²) < 4.78 is 9.11. The van der Waals surface area contributed by atoms with Crippen LogP contribution in [0.4, 0.5) is 6.01 Å². The zero-order chi connectivity index (χ0) is 12.2. The standard InChI is InChI=1S/C12H14IN4O/c1-2-5-9(6-3-1)11-15-12(18-17-11)16-13-10-7-4-8-14-10/h1-3,5-6,10,14H,4,7-8H2,(H,15,16,17)/q-1/t10-/m0/s1. The van der Waals surface area contributed by atoms with Crippen molar-refractivity contribution in [3.05, 3.63) is 30.3 Å². The van der Waals surface area contributed by atoms with E-state index >= 15 is 0 Å². The van der Waals surface area contributed by atoms with Crippen molar-refractivity contribution in [1.29, 1.82) is 0 Å². The summed E-state index contributed by atoms with van der Waals surface area (Å²) in [6.07, 6.45) is 2.52. The summed E-state index contributed by atoms with van der Waals surface area (Å²) in [5.41, 5.74) is 0.978.